The first-order valence-corrected chi connectivity index (χ1v) is 14.2. The van der Waals surface area contributed by atoms with E-state index in [1.54, 1.807) is 0 Å². The van der Waals surface area contributed by atoms with Gasteiger partial charge in [0.2, 0.25) is 5.91 Å². The van der Waals surface area contributed by atoms with E-state index in [2.05, 4.69) is 17.1 Å². The Kier molecular flexibility index (Phi) is 22.3. The molecule has 1 aliphatic carbocycles. The van der Waals surface area contributed by atoms with Crippen LogP contribution in [-0.2, 0) is 24.0 Å². The van der Waals surface area contributed by atoms with Gasteiger partial charge in [0.05, 0.1) is 13.2 Å². The molecule has 0 aromatic rings. The molecule has 1 N–H and O–H groups in total. The number of Topliss-reactive ketones (excluding diaryl/α,β-unsaturated/α-hetero) is 1. The van der Waals surface area contributed by atoms with Crippen LogP contribution in [0.4, 0.5) is 0 Å². The summed E-state index contributed by atoms with van der Waals surface area (Å²) >= 11 is 0. The highest BCUT2D eigenvalue weighted by Gasteiger charge is 2.17. The van der Waals surface area contributed by atoms with Crippen molar-refractivity contribution in [2.24, 2.45) is 5.92 Å². The quantitative estimate of drug-likeness (QED) is 0.0652. The van der Waals surface area contributed by atoms with E-state index < -0.39 is 17.1 Å². The fourth-order valence-electron chi connectivity index (χ4n) is 4.13. The summed E-state index contributed by atoms with van der Waals surface area (Å²) in [5, 5.41) is 11.5. The second-order valence-electron chi connectivity index (χ2n) is 9.72. The monoisotopic (exact) mass is 526 g/mol. The minimum Gasteiger partial charge on any atom is -0.464 e. The standard InChI is InChI=1S/C15H28O.C13H22N2O6/c1-2-3-4-5-6-11-15(16)13-12-14-9-7-8-10-14;1-3-4-5-6-8-12(16)14-11(2)13(17)20-9-7-10-21-15(18)19/h14H,2-13H2,1H3;3-4,11H,5-10H2,1-2H3,(H,14,16)/b;4-3-. The van der Waals surface area contributed by atoms with Crippen molar-refractivity contribution in [1.29, 1.82) is 0 Å². The van der Waals surface area contributed by atoms with Crippen molar-refractivity contribution < 1.29 is 29.0 Å². The van der Waals surface area contributed by atoms with Crippen molar-refractivity contribution in [3.63, 3.8) is 0 Å². The number of carbonyl (C=O) groups excluding carboxylic acids is 3. The van der Waals surface area contributed by atoms with Gasteiger partial charge in [0.25, 0.3) is 5.09 Å². The molecule has 1 atom stereocenters. The Labute approximate surface area is 223 Å². The summed E-state index contributed by atoms with van der Waals surface area (Å²) in [6, 6.07) is -0.740. The molecule has 0 bridgehead atoms. The molecule has 9 nitrogen and oxygen atoms in total. The normalized spacial score (nSPS) is 14.0. The third-order valence-corrected chi connectivity index (χ3v) is 6.34. The summed E-state index contributed by atoms with van der Waals surface area (Å²) in [4.78, 5) is 48.6. The Morgan fingerprint density at radius 2 is 1.70 bits per heavy atom. The lowest BCUT2D eigenvalue weighted by atomic mass is 9.98. The van der Waals surface area contributed by atoms with Crippen molar-refractivity contribution in [3.05, 3.63) is 22.3 Å². The second-order valence-corrected chi connectivity index (χ2v) is 9.72. The Morgan fingerprint density at radius 3 is 2.35 bits per heavy atom. The van der Waals surface area contributed by atoms with Crippen LogP contribution in [-0.4, -0.2) is 42.0 Å². The fourth-order valence-corrected chi connectivity index (χ4v) is 4.13. The number of ether oxygens (including phenoxy) is 1. The number of nitrogens with one attached hydrogen (secondary N) is 1. The zero-order valence-electron chi connectivity index (χ0n) is 23.3. The Hall–Kier alpha value is -2.45. The van der Waals surface area contributed by atoms with Crippen LogP contribution >= 0.6 is 0 Å². The topological polar surface area (TPSA) is 125 Å². The number of unbranched alkanes of at least 4 members (excludes halogenated alkanes) is 5. The van der Waals surface area contributed by atoms with Gasteiger partial charge in [-0.2, -0.15) is 0 Å². The highest BCUT2D eigenvalue weighted by atomic mass is 16.9. The number of hydrogen-bond acceptors (Lipinski definition) is 7. The summed E-state index contributed by atoms with van der Waals surface area (Å²) < 4.78 is 4.86. The average molecular weight is 527 g/mol. The van der Waals surface area contributed by atoms with E-state index >= 15 is 0 Å². The maximum Gasteiger partial charge on any atom is 0.328 e. The molecule has 1 fully saturated rings. The number of nitrogens with zero attached hydrogens (tertiary/aromatic N) is 1. The molecule has 1 amide bonds. The first-order valence-electron chi connectivity index (χ1n) is 14.2. The number of amides is 1. The molecule has 1 aliphatic rings. The number of allylic oxidation sites excluding steroid dienone is 2. The first-order chi connectivity index (χ1) is 17.8. The number of ketones is 1. The third-order valence-electron chi connectivity index (χ3n) is 6.34. The lowest BCUT2D eigenvalue weighted by Crippen LogP contribution is -2.39. The zero-order valence-corrected chi connectivity index (χ0v) is 23.3. The van der Waals surface area contributed by atoms with Gasteiger partial charge in [-0.05, 0) is 45.4 Å². The van der Waals surface area contributed by atoms with Gasteiger partial charge in [0, 0.05) is 25.7 Å². The van der Waals surface area contributed by atoms with Crippen LogP contribution in [0.3, 0.4) is 0 Å². The number of hydrogen-bond donors (Lipinski definition) is 1. The summed E-state index contributed by atoms with van der Waals surface area (Å²) in [6.45, 7) is 5.54. The third kappa shape index (κ3) is 22.5. The van der Waals surface area contributed by atoms with Gasteiger partial charge >= 0.3 is 5.97 Å². The molecule has 0 aromatic carbocycles. The second kappa shape index (κ2) is 23.9. The van der Waals surface area contributed by atoms with E-state index in [0.717, 1.165) is 38.0 Å². The van der Waals surface area contributed by atoms with Crippen LogP contribution in [0.5, 0.6) is 0 Å². The summed E-state index contributed by atoms with van der Waals surface area (Å²) in [7, 11) is 0. The Bertz CT molecular complexity index is 661. The number of esters is 1. The molecular formula is C28H50N2O7. The van der Waals surface area contributed by atoms with Crippen molar-refractivity contribution in [3.8, 4) is 0 Å². The predicted molar refractivity (Wildman–Crippen MR) is 144 cm³/mol. The molecule has 1 rings (SSSR count). The van der Waals surface area contributed by atoms with Crippen molar-refractivity contribution >= 4 is 17.7 Å². The van der Waals surface area contributed by atoms with Crippen LogP contribution < -0.4 is 5.32 Å². The predicted octanol–water partition coefficient (Wildman–Crippen LogP) is 6.27. The lowest BCUT2D eigenvalue weighted by molar-refractivity contribution is -0.757. The molecule has 0 aliphatic heterocycles. The maximum atomic E-state index is 11.6. The molecule has 9 heteroatoms. The molecule has 1 saturated carbocycles. The van der Waals surface area contributed by atoms with Gasteiger partial charge < -0.3 is 14.9 Å². The van der Waals surface area contributed by atoms with Gasteiger partial charge in [0.1, 0.15) is 11.8 Å². The molecule has 0 aromatic heterocycles. The van der Waals surface area contributed by atoms with Gasteiger partial charge in [-0.25, -0.2) is 4.79 Å². The Balaban J connectivity index is 0.000000724. The van der Waals surface area contributed by atoms with Crippen molar-refractivity contribution in [1.82, 2.24) is 5.32 Å². The van der Waals surface area contributed by atoms with Crippen molar-refractivity contribution in [2.75, 3.05) is 13.2 Å². The van der Waals surface area contributed by atoms with Crippen LogP contribution in [0.15, 0.2) is 12.2 Å². The van der Waals surface area contributed by atoms with Gasteiger partial charge in [-0.3, -0.25) is 9.59 Å². The maximum absolute atomic E-state index is 11.6. The summed E-state index contributed by atoms with van der Waals surface area (Å²) in [6.07, 6.45) is 20.7. The van der Waals surface area contributed by atoms with E-state index in [0.29, 0.717) is 12.2 Å². The molecule has 0 spiro atoms. The van der Waals surface area contributed by atoms with Crippen LogP contribution in [0.1, 0.15) is 124 Å². The summed E-state index contributed by atoms with van der Waals surface area (Å²) in [5.74, 6) is 0.617. The molecule has 0 heterocycles. The highest BCUT2D eigenvalue weighted by Crippen LogP contribution is 2.28. The van der Waals surface area contributed by atoms with Gasteiger partial charge in [-0.1, -0.05) is 70.4 Å². The minimum absolute atomic E-state index is 0.00811. The van der Waals surface area contributed by atoms with Crippen LogP contribution in [0.2, 0.25) is 0 Å². The van der Waals surface area contributed by atoms with Crippen LogP contribution in [0, 0.1) is 16.0 Å². The average Bonchev–Trinajstić information content (AvgIpc) is 3.39. The molecule has 0 saturated heterocycles. The molecule has 0 radical (unpaired) electrons. The van der Waals surface area contributed by atoms with E-state index in [-0.39, 0.29) is 25.5 Å². The minimum atomic E-state index is -0.904. The molecule has 1 unspecified atom stereocenters. The van der Waals surface area contributed by atoms with E-state index in [4.69, 9.17) is 4.74 Å². The lowest BCUT2D eigenvalue weighted by Gasteiger charge is -2.13. The highest BCUT2D eigenvalue weighted by molar-refractivity contribution is 5.84. The number of rotatable bonds is 20. The van der Waals surface area contributed by atoms with E-state index in [9.17, 15) is 24.5 Å². The largest absolute Gasteiger partial charge is 0.464 e. The smallest absolute Gasteiger partial charge is 0.328 e. The Morgan fingerprint density at radius 1 is 1.00 bits per heavy atom. The van der Waals surface area contributed by atoms with E-state index in [1.807, 2.05) is 19.1 Å². The fraction of sp³-hybridized carbons (Fsp3) is 0.821. The van der Waals surface area contributed by atoms with Crippen LogP contribution in [0.25, 0.3) is 0 Å². The molecule has 37 heavy (non-hydrogen) atoms. The SMILES string of the molecule is C/C=C\CCCC(=O)NC(C)C(=O)OCCCO[N+](=O)[O-].CCCCCCCC(=O)CCC1CCCC1. The molecular weight excluding hydrogens is 476 g/mol. The van der Waals surface area contributed by atoms with Crippen molar-refractivity contribution in [2.45, 2.75) is 130 Å². The summed E-state index contributed by atoms with van der Waals surface area (Å²) in [5.41, 5.74) is 0. The zero-order chi connectivity index (χ0) is 27.7. The number of carbonyl (C=O) groups is 3. The first kappa shape index (κ1) is 34.6. The molecule has 214 valence electrons. The van der Waals surface area contributed by atoms with Gasteiger partial charge in [-0.15, -0.1) is 10.1 Å². The van der Waals surface area contributed by atoms with E-state index in [1.165, 1.54) is 64.7 Å². The van der Waals surface area contributed by atoms with Gasteiger partial charge in [0.15, 0.2) is 0 Å².